The van der Waals surface area contributed by atoms with Gasteiger partial charge in [-0.2, -0.15) is 8.42 Å². The smallest absolute Gasteiger partial charge is 0.267 e. The Kier molecular flexibility index (Phi) is 2.97. The summed E-state index contributed by atoms with van der Waals surface area (Å²) >= 11 is 0. The fourth-order valence-corrected chi connectivity index (χ4v) is 1.43. The number of hydrogen-bond donors (Lipinski definition) is 2. The van der Waals surface area contributed by atoms with Crippen LogP contribution in [0.15, 0.2) is 24.4 Å². The molecule has 0 saturated heterocycles. The van der Waals surface area contributed by atoms with Gasteiger partial charge in [-0.05, 0) is 12.1 Å². The molecule has 1 unspecified atom stereocenters. The molecule has 0 amide bonds. The first-order valence-electron chi connectivity index (χ1n) is 3.53. The maximum Gasteiger partial charge on any atom is 0.267 e. The van der Waals surface area contributed by atoms with Crippen molar-refractivity contribution in [3.63, 3.8) is 0 Å². The van der Waals surface area contributed by atoms with Crippen LogP contribution in [-0.4, -0.2) is 28.8 Å². The lowest BCUT2D eigenvalue weighted by Crippen LogP contribution is -2.14. The molecule has 13 heavy (non-hydrogen) atoms. The minimum Gasteiger partial charge on any atom is -0.386 e. The summed E-state index contributed by atoms with van der Waals surface area (Å²) < 4.78 is 29.2. The van der Waals surface area contributed by atoms with Crippen molar-refractivity contribution in [2.45, 2.75) is 6.10 Å². The Labute approximate surface area is 75.8 Å². The normalized spacial score (nSPS) is 14.0. The molecule has 2 N–H and O–H groups in total. The first-order valence-corrected chi connectivity index (χ1v) is 5.14. The van der Waals surface area contributed by atoms with E-state index in [4.69, 9.17) is 4.55 Å². The molecule has 0 spiro atoms. The average Bonchev–Trinajstić information content (AvgIpc) is 2.03. The highest BCUT2D eigenvalue weighted by molar-refractivity contribution is 7.85. The third-order valence-electron chi connectivity index (χ3n) is 1.40. The molecular weight excluding hydrogens is 194 g/mol. The van der Waals surface area contributed by atoms with Gasteiger partial charge in [0.1, 0.15) is 11.9 Å². The van der Waals surface area contributed by atoms with Gasteiger partial charge in [-0.25, -0.2) is 0 Å². The highest BCUT2D eigenvalue weighted by Gasteiger charge is 2.16. The van der Waals surface area contributed by atoms with E-state index in [9.17, 15) is 13.5 Å². The van der Waals surface area contributed by atoms with E-state index in [-0.39, 0.29) is 5.69 Å². The number of aliphatic hydroxyl groups excluding tert-OH is 1. The van der Waals surface area contributed by atoms with Crippen molar-refractivity contribution in [2.24, 2.45) is 0 Å². The quantitative estimate of drug-likeness (QED) is 0.675. The first kappa shape index (κ1) is 10.1. The molecule has 1 aromatic rings. The van der Waals surface area contributed by atoms with E-state index in [1.54, 1.807) is 12.1 Å². The van der Waals surface area contributed by atoms with Gasteiger partial charge < -0.3 is 5.11 Å². The zero-order valence-electron chi connectivity index (χ0n) is 6.66. The minimum atomic E-state index is -4.16. The predicted molar refractivity (Wildman–Crippen MR) is 45.6 cm³/mol. The highest BCUT2D eigenvalue weighted by Crippen LogP contribution is 2.10. The van der Waals surface area contributed by atoms with Gasteiger partial charge in [-0.15, -0.1) is 0 Å². The summed E-state index contributed by atoms with van der Waals surface area (Å²) in [7, 11) is -4.16. The minimum absolute atomic E-state index is 0.222. The third-order valence-corrected chi connectivity index (χ3v) is 2.13. The van der Waals surface area contributed by atoms with E-state index in [0.29, 0.717) is 0 Å². The maximum atomic E-state index is 10.4. The molecule has 72 valence electrons. The van der Waals surface area contributed by atoms with Crippen LogP contribution < -0.4 is 0 Å². The van der Waals surface area contributed by atoms with E-state index in [1.165, 1.54) is 12.3 Å². The molecule has 1 atom stereocenters. The van der Waals surface area contributed by atoms with Crippen LogP contribution in [0.1, 0.15) is 11.8 Å². The number of hydrogen-bond acceptors (Lipinski definition) is 4. The van der Waals surface area contributed by atoms with Crippen molar-refractivity contribution in [1.29, 1.82) is 0 Å². The third kappa shape index (κ3) is 3.49. The van der Waals surface area contributed by atoms with Crippen LogP contribution in [0, 0.1) is 0 Å². The first-order chi connectivity index (χ1) is 5.99. The Morgan fingerprint density at radius 2 is 2.15 bits per heavy atom. The SMILES string of the molecule is O=S(=O)(O)CC(O)c1ccccn1. The van der Waals surface area contributed by atoms with Crippen molar-refractivity contribution in [1.82, 2.24) is 4.98 Å². The van der Waals surface area contributed by atoms with E-state index in [2.05, 4.69) is 4.98 Å². The van der Waals surface area contributed by atoms with Crippen LogP contribution in [0.25, 0.3) is 0 Å². The molecule has 0 saturated carbocycles. The molecule has 0 aliphatic rings. The lowest BCUT2D eigenvalue weighted by molar-refractivity contribution is 0.194. The van der Waals surface area contributed by atoms with Crippen molar-refractivity contribution < 1.29 is 18.1 Å². The van der Waals surface area contributed by atoms with Crippen molar-refractivity contribution in [3.05, 3.63) is 30.1 Å². The Hall–Kier alpha value is -0.980. The van der Waals surface area contributed by atoms with Gasteiger partial charge in [0.05, 0.1) is 5.69 Å². The molecule has 5 nitrogen and oxygen atoms in total. The summed E-state index contributed by atoms with van der Waals surface area (Å²) in [4.78, 5) is 3.74. The lowest BCUT2D eigenvalue weighted by atomic mass is 10.2. The van der Waals surface area contributed by atoms with E-state index in [0.717, 1.165) is 0 Å². The summed E-state index contributed by atoms with van der Waals surface area (Å²) in [5.41, 5.74) is 0.222. The Bertz CT molecular complexity index is 361. The molecular formula is C7H9NO4S. The summed E-state index contributed by atoms with van der Waals surface area (Å²) in [5.74, 6) is -0.732. The zero-order valence-corrected chi connectivity index (χ0v) is 7.48. The number of pyridine rings is 1. The maximum absolute atomic E-state index is 10.4. The molecule has 0 aromatic carbocycles. The highest BCUT2D eigenvalue weighted by atomic mass is 32.2. The Balaban J connectivity index is 2.76. The van der Waals surface area contributed by atoms with Gasteiger partial charge >= 0.3 is 0 Å². The van der Waals surface area contributed by atoms with Crippen LogP contribution in [0.5, 0.6) is 0 Å². The summed E-state index contributed by atoms with van der Waals surface area (Å²) in [6, 6.07) is 4.75. The average molecular weight is 203 g/mol. The number of aliphatic hydroxyl groups is 1. The molecule has 0 bridgehead atoms. The topological polar surface area (TPSA) is 87.5 Å². The molecule has 6 heteroatoms. The fraction of sp³-hybridized carbons (Fsp3) is 0.286. The van der Waals surface area contributed by atoms with E-state index in [1.807, 2.05) is 0 Å². The van der Waals surface area contributed by atoms with Gasteiger partial charge in [0.15, 0.2) is 0 Å². The van der Waals surface area contributed by atoms with Gasteiger partial charge in [-0.3, -0.25) is 9.54 Å². The predicted octanol–water partition coefficient (Wildman–Crippen LogP) is 0.00280. The number of nitrogens with zero attached hydrogens (tertiary/aromatic N) is 1. The van der Waals surface area contributed by atoms with Crippen molar-refractivity contribution in [3.8, 4) is 0 Å². The van der Waals surface area contributed by atoms with E-state index < -0.39 is 22.0 Å². The number of rotatable bonds is 3. The number of aromatic nitrogens is 1. The van der Waals surface area contributed by atoms with Gasteiger partial charge in [0.25, 0.3) is 10.1 Å². The van der Waals surface area contributed by atoms with Crippen molar-refractivity contribution in [2.75, 3.05) is 5.75 Å². The Morgan fingerprint density at radius 3 is 2.62 bits per heavy atom. The van der Waals surface area contributed by atoms with Crippen molar-refractivity contribution >= 4 is 10.1 Å². The largest absolute Gasteiger partial charge is 0.386 e. The van der Waals surface area contributed by atoms with Gasteiger partial charge in [0, 0.05) is 6.20 Å². The van der Waals surface area contributed by atoms with Gasteiger partial charge in [-0.1, -0.05) is 6.07 Å². The molecule has 0 aliphatic carbocycles. The molecule has 1 aromatic heterocycles. The van der Waals surface area contributed by atoms with Crippen LogP contribution in [0.2, 0.25) is 0 Å². The Morgan fingerprint density at radius 1 is 1.46 bits per heavy atom. The second-order valence-corrected chi connectivity index (χ2v) is 4.02. The summed E-state index contributed by atoms with van der Waals surface area (Å²) in [6.07, 6.45) is 0.152. The molecule has 0 radical (unpaired) electrons. The van der Waals surface area contributed by atoms with Crippen LogP contribution in [-0.2, 0) is 10.1 Å². The van der Waals surface area contributed by atoms with Crippen LogP contribution in [0.3, 0.4) is 0 Å². The van der Waals surface area contributed by atoms with Crippen LogP contribution >= 0.6 is 0 Å². The van der Waals surface area contributed by atoms with E-state index >= 15 is 0 Å². The molecule has 0 fully saturated rings. The summed E-state index contributed by atoms with van der Waals surface area (Å²) in [5, 5.41) is 9.25. The van der Waals surface area contributed by atoms with Crippen LogP contribution in [0.4, 0.5) is 0 Å². The fourth-order valence-electron chi connectivity index (χ4n) is 0.858. The molecule has 1 heterocycles. The monoisotopic (exact) mass is 203 g/mol. The zero-order chi connectivity index (χ0) is 9.90. The second kappa shape index (κ2) is 3.82. The molecule has 0 aliphatic heterocycles. The summed E-state index contributed by atoms with van der Waals surface area (Å²) in [6.45, 7) is 0. The second-order valence-electron chi connectivity index (χ2n) is 2.52. The standard InChI is InChI=1S/C7H9NO4S/c9-7(5-13(10,11)12)6-3-1-2-4-8-6/h1-4,7,9H,5H2,(H,10,11,12). The lowest BCUT2D eigenvalue weighted by Gasteiger charge is -2.06. The van der Waals surface area contributed by atoms with Gasteiger partial charge in [0.2, 0.25) is 0 Å². The molecule has 1 rings (SSSR count).